The van der Waals surface area contributed by atoms with Crippen LogP contribution in [-0.2, 0) is 11.2 Å². The van der Waals surface area contributed by atoms with Crippen LogP contribution >= 0.6 is 11.3 Å². The summed E-state index contributed by atoms with van der Waals surface area (Å²) in [6.45, 7) is 3.99. The summed E-state index contributed by atoms with van der Waals surface area (Å²) in [6, 6.07) is 10.1. The Labute approximate surface area is 117 Å². The van der Waals surface area contributed by atoms with Gasteiger partial charge in [-0.1, -0.05) is 30.3 Å². The molecule has 0 N–H and O–H groups in total. The Balaban J connectivity index is 2.03. The van der Waals surface area contributed by atoms with E-state index in [4.69, 9.17) is 0 Å². The molecule has 0 radical (unpaired) electrons. The minimum absolute atomic E-state index is 0.0773. The summed E-state index contributed by atoms with van der Waals surface area (Å²) in [5.74, 6) is 0.0988. The first-order valence-electron chi connectivity index (χ1n) is 6.29. The van der Waals surface area contributed by atoms with Gasteiger partial charge in [-0.3, -0.25) is 4.79 Å². The van der Waals surface area contributed by atoms with Crippen molar-refractivity contribution in [3.63, 3.8) is 0 Å². The molecule has 4 heteroatoms. The zero-order valence-electron chi connectivity index (χ0n) is 11.5. The quantitative estimate of drug-likeness (QED) is 0.857. The van der Waals surface area contributed by atoms with Crippen molar-refractivity contribution in [1.29, 1.82) is 0 Å². The fourth-order valence-electron chi connectivity index (χ4n) is 1.94. The van der Waals surface area contributed by atoms with Crippen LogP contribution in [0.25, 0.3) is 0 Å². The summed E-state index contributed by atoms with van der Waals surface area (Å²) in [6.07, 6.45) is 0.373. The number of benzene rings is 1. The van der Waals surface area contributed by atoms with Gasteiger partial charge in [0, 0.05) is 12.4 Å². The van der Waals surface area contributed by atoms with E-state index >= 15 is 0 Å². The van der Waals surface area contributed by atoms with Gasteiger partial charge in [0.25, 0.3) is 0 Å². The minimum Gasteiger partial charge on any atom is -0.339 e. The number of thiazole rings is 1. The van der Waals surface area contributed by atoms with Crippen LogP contribution in [0.3, 0.4) is 0 Å². The first kappa shape index (κ1) is 13.7. The lowest BCUT2D eigenvalue weighted by molar-refractivity contribution is -0.131. The van der Waals surface area contributed by atoms with Crippen molar-refractivity contribution in [3.8, 4) is 0 Å². The van der Waals surface area contributed by atoms with E-state index in [1.807, 2.05) is 56.6 Å². The molecule has 1 aromatic carbocycles. The third kappa shape index (κ3) is 3.41. The van der Waals surface area contributed by atoms with E-state index in [1.54, 1.807) is 16.2 Å². The molecule has 0 spiro atoms. The van der Waals surface area contributed by atoms with Crippen LogP contribution in [-0.4, -0.2) is 22.8 Å². The smallest absolute Gasteiger partial charge is 0.228 e. The minimum atomic E-state index is 0.0773. The van der Waals surface area contributed by atoms with Crippen LogP contribution in [0.1, 0.15) is 29.2 Å². The van der Waals surface area contributed by atoms with Gasteiger partial charge in [-0.2, -0.15) is 0 Å². The highest BCUT2D eigenvalue weighted by atomic mass is 32.1. The lowest BCUT2D eigenvalue weighted by atomic mass is 10.1. The van der Waals surface area contributed by atoms with Crippen LogP contribution < -0.4 is 0 Å². The highest BCUT2D eigenvalue weighted by Crippen LogP contribution is 2.19. The molecule has 100 valence electrons. The second kappa shape index (κ2) is 5.97. The number of likely N-dealkylation sites (N-methyl/N-ethyl adjacent to an activating group) is 1. The van der Waals surface area contributed by atoms with E-state index in [9.17, 15) is 4.79 Å². The van der Waals surface area contributed by atoms with E-state index in [1.165, 1.54) is 0 Å². The monoisotopic (exact) mass is 274 g/mol. The van der Waals surface area contributed by atoms with Crippen molar-refractivity contribution in [2.45, 2.75) is 26.3 Å². The molecule has 1 atom stereocenters. The summed E-state index contributed by atoms with van der Waals surface area (Å²) in [7, 11) is 1.85. The predicted molar refractivity (Wildman–Crippen MR) is 78.2 cm³/mol. The Morgan fingerprint density at radius 1 is 1.37 bits per heavy atom. The van der Waals surface area contributed by atoms with Gasteiger partial charge in [0.1, 0.15) is 0 Å². The van der Waals surface area contributed by atoms with Gasteiger partial charge in [0.15, 0.2) is 0 Å². The van der Waals surface area contributed by atoms with E-state index in [-0.39, 0.29) is 11.9 Å². The summed E-state index contributed by atoms with van der Waals surface area (Å²) >= 11 is 1.58. The topological polar surface area (TPSA) is 33.2 Å². The number of hydrogen-bond acceptors (Lipinski definition) is 3. The third-order valence-electron chi connectivity index (χ3n) is 3.26. The molecule has 3 nitrogen and oxygen atoms in total. The molecule has 1 amide bonds. The third-order valence-corrected chi connectivity index (χ3v) is 4.08. The van der Waals surface area contributed by atoms with Crippen molar-refractivity contribution in [2.75, 3.05) is 7.05 Å². The molecule has 1 unspecified atom stereocenters. The molecule has 0 aliphatic carbocycles. The first-order valence-corrected chi connectivity index (χ1v) is 7.17. The van der Waals surface area contributed by atoms with Crippen molar-refractivity contribution in [3.05, 3.63) is 52.0 Å². The number of carbonyl (C=O) groups excluding carboxylic acids is 1. The number of carbonyl (C=O) groups is 1. The number of aromatic nitrogens is 1. The molecule has 0 aliphatic heterocycles. The van der Waals surface area contributed by atoms with E-state index in [0.29, 0.717) is 6.42 Å². The molecule has 0 saturated carbocycles. The number of aryl methyl sites for hydroxylation is 1. The fourth-order valence-corrected chi connectivity index (χ4v) is 2.55. The van der Waals surface area contributed by atoms with E-state index in [0.717, 1.165) is 16.3 Å². The van der Waals surface area contributed by atoms with Crippen molar-refractivity contribution >= 4 is 17.2 Å². The van der Waals surface area contributed by atoms with Crippen LogP contribution in [0, 0.1) is 6.92 Å². The molecule has 0 saturated heterocycles. The van der Waals surface area contributed by atoms with Gasteiger partial charge >= 0.3 is 0 Å². The van der Waals surface area contributed by atoms with Gasteiger partial charge in [-0.15, -0.1) is 11.3 Å². The van der Waals surface area contributed by atoms with Crippen molar-refractivity contribution < 1.29 is 4.79 Å². The Morgan fingerprint density at radius 3 is 2.63 bits per heavy atom. The van der Waals surface area contributed by atoms with Gasteiger partial charge in [0.05, 0.1) is 23.2 Å². The Kier molecular flexibility index (Phi) is 4.32. The summed E-state index contributed by atoms with van der Waals surface area (Å²) < 4.78 is 0. The normalized spacial score (nSPS) is 12.2. The maximum Gasteiger partial charge on any atom is 0.228 e. The van der Waals surface area contributed by atoms with Crippen LogP contribution in [0.15, 0.2) is 35.7 Å². The molecule has 19 heavy (non-hydrogen) atoms. The molecule has 0 bridgehead atoms. The maximum atomic E-state index is 12.2. The average molecular weight is 274 g/mol. The zero-order valence-corrected chi connectivity index (χ0v) is 12.3. The zero-order chi connectivity index (χ0) is 13.8. The fraction of sp³-hybridized carbons (Fsp3) is 0.333. The van der Waals surface area contributed by atoms with Gasteiger partial charge in [-0.05, 0) is 19.4 Å². The first-order chi connectivity index (χ1) is 9.08. The second-order valence-corrected chi connectivity index (χ2v) is 5.69. The number of nitrogens with zero attached hydrogens (tertiary/aromatic N) is 2. The van der Waals surface area contributed by atoms with E-state index in [2.05, 4.69) is 4.98 Å². The number of hydrogen-bond donors (Lipinski definition) is 0. The van der Waals surface area contributed by atoms with Gasteiger partial charge < -0.3 is 4.90 Å². The summed E-state index contributed by atoms with van der Waals surface area (Å²) in [5.41, 5.74) is 2.01. The van der Waals surface area contributed by atoms with Crippen molar-refractivity contribution in [2.24, 2.45) is 0 Å². The lowest BCUT2D eigenvalue weighted by Gasteiger charge is -2.25. The predicted octanol–water partition coefficient (Wildman–Crippen LogP) is 3.21. The molecule has 0 aliphatic rings. The highest BCUT2D eigenvalue weighted by molar-refractivity contribution is 7.09. The molecule has 1 heterocycles. The van der Waals surface area contributed by atoms with E-state index < -0.39 is 0 Å². The highest BCUT2D eigenvalue weighted by Gasteiger charge is 2.18. The van der Waals surface area contributed by atoms with Gasteiger partial charge in [0.2, 0.25) is 5.91 Å². The summed E-state index contributed by atoms with van der Waals surface area (Å²) in [4.78, 5) is 18.3. The van der Waals surface area contributed by atoms with Gasteiger partial charge in [-0.25, -0.2) is 4.98 Å². The van der Waals surface area contributed by atoms with Crippen LogP contribution in [0.4, 0.5) is 0 Å². The van der Waals surface area contributed by atoms with Crippen LogP contribution in [0.2, 0.25) is 0 Å². The van der Waals surface area contributed by atoms with Crippen LogP contribution in [0.5, 0.6) is 0 Å². The Bertz CT molecular complexity index is 550. The molecule has 2 rings (SSSR count). The molecular weight excluding hydrogens is 256 g/mol. The number of rotatable bonds is 4. The molecular formula is C15H18N2OS. The Morgan fingerprint density at radius 2 is 2.05 bits per heavy atom. The maximum absolute atomic E-state index is 12.2. The lowest BCUT2D eigenvalue weighted by Crippen LogP contribution is -2.31. The Hall–Kier alpha value is -1.68. The largest absolute Gasteiger partial charge is 0.339 e. The summed E-state index contributed by atoms with van der Waals surface area (Å²) in [5, 5.41) is 2.95. The van der Waals surface area contributed by atoms with Crippen molar-refractivity contribution in [1.82, 2.24) is 9.88 Å². The standard InChI is InChI=1S/C15H18N2OS/c1-11(13-7-5-4-6-8-13)17(3)15(18)9-14-10-19-12(2)16-14/h4-8,10-11H,9H2,1-3H3. The molecule has 2 aromatic rings. The SMILES string of the molecule is Cc1nc(CC(=O)N(C)C(C)c2ccccc2)cs1. The molecule has 0 fully saturated rings. The molecule has 1 aromatic heterocycles. The number of amides is 1. The average Bonchev–Trinajstić information content (AvgIpc) is 2.83. The second-order valence-electron chi connectivity index (χ2n) is 4.63.